The van der Waals surface area contributed by atoms with E-state index in [2.05, 4.69) is 15.4 Å². The highest BCUT2D eigenvalue weighted by atomic mass is 16.6. The molecule has 0 radical (unpaired) electrons. The van der Waals surface area contributed by atoms with Gasteiger partial charge in [-0.2, -0.15) is 0 Å². The minimum Gasteiger partial charge on any atom is -0.386 e. The summed E-state index contributed by atoms with van der Waals surface area (Å²) in [6.45, 7) is 6.49. The van der Waals surface area contributed by atoms with Gasteiger partial charge < -0.3 is 30.6 Å². The number of Topliss-reactive ketones (excluding diaryl/α,β-unsaturated/α-hetero) is 1. The molecule has 1 aliphatic rings. The van der Waals surface area contributed by atoms with E-state index in [-0.39, 0.29) is 59.8 Å². The van der Waals surface area contributed by atoms with Crippen LogP contribution in [0.4, 0.5) is 0 Å². The molecule has 222 valence electrons. The lowest BCUT2D eigenvalue weighted by Gasteiger charge is -2.18. The van der Waals surface area contributed by atoms with Crippen LogP contribution in [0.3, 0.4) is 0 Å². The van der Waals surface area contributed by atoms with Gasteiger partial charge in [0.15, 0.2) is 0 Å². The van der Waals surface area contributed by atoms with Crippen LogP contribution in [-0.4, -0.2) is 76.1 Å². The SMILES string of the molecule is COCCOCCCNC(=O)C(CCCCN)CC(=O)C(C)CCCCNC(=O)CCC1=C(C)C(=O)OC1=O. The normalized spacial score (nSPS) is 14.8. The number of hydrogen-bond donors (Lipinski definition) is 3. The molecule has 11 heteroatoms. The Kier molecular flexibility index (Phi) is 17.9. The summed E-state index contributed by atoms with van der Waals surface area (Å²) >= 11 is 0. The summed E-state index contributed by atoms with van der Waals surface area (Å²) in [7, 11) is 1.61. The van der Waals surface area contributed by atoms with Crippen LogP contribution in [0.15, 0.2) is 11.1 Å². The number of carbonyl (C=O) groups excluding carboxylic acids is 5. The van der Waals surface area contributed by atoms with E-state index < -0.39 is 11.9 Å². The monoisotopic (exact) mass is 553 g/mol. The lowest BCUT2D eigenvalue weighted by molar-refractivity contribution is -0.151. The minimum absolute atomic E-state index is 0.0662. The molecule has 1 aliphatic heterocycles. The summed E-state index contributed by atoms with van der Waals surface area (Å²) < 4.78 is 14.9. The minimum atomic E-state index is -0.675. The molecule has 0 spiro atoms. The molecule has 0 bridgehead atoms. The van der Waals surface area contributed by atoms with Crippen LogP contribution in [0.5, 0.6) is 0 Å². The number of unbranched alkanes of at least 4 members (excludes halogenated alkanes) is 2. The molecule has 1 rings (SSSR count). The summed E-state index contributed by atoms with van der Waals surface area (Å²) in [4.78, 5) is 60.6. The van der Waals surface area contributed by atoms with Crippen LogP contribution in [0.25, 0.3) is 0 Å². The van der Waals surface area contributed by atoms with Gasteiger partial charge >= 0.3 is 11.9 Å². The lowest BCUT2D eigenvalue weighted by atomic mass is 9.88. The third kappa shape index (κ3) is 14.4. The number of esters is 2. The zero-order valence-corrected chi connectivity index (χ0v) is 23.8. The first-order valence-electron chi connectivity index (χ1n) is 14.0. The molecule has 2 amide bonds. The van der Waals surface area contributed by atoms with Gasteiger partial charge in [-0.05, 0) is 52.0 Å². The van der Waals surface area contributed by atoms with Gasteiger partial charge in [0, 0.05) is 62.6 Å². The van der Waals surface area contributed by atoms with Crippen LogP contribution in [0, 0.1) is 11.8 Å². The second kappa shape index (κ2) is 20.3. The van der Waals surface area contributed by atoms with Crippen molar-refractivity contribution < 1.29 is 38.2 Å². The maximum Gasteiger partial charge on any atom is 0.342 e. The van der Waals surface area contributed by atoms with E-state index in [1.807, 2.05) is 6.92 Å². The van der Waals surface area contributed by atoms with E-state index >= 15 is 0 Å². The topological polar surface area (TPSA) is 163 Å². The summed E-state index contributed by atoms with van der Waals surface area (Å²) in [5.41, 5.74) is 6.11. The molecule has 11 nitrogen and oxygen atoms in total. The van der Waals surface area contributed by atoms with Crippen molar-refractivity contribution in [1.29, 1.82) is 0 Å². The van der Waals surface area contributed by atoms with Crippen molar-refractivity contribution in [2.45, 2.75) is 78.1 Å². The average Bonchev–Trinajstić information content (AvgIpc) is 3.15. The van der Waals surface area contributed by atoms with E-state index in [1.54, 1.807) is 7.11 Å². The van der Waals surface area contributed by atoms with E-state index in [4.69, 9.17) is 15.2 Å². The second-order valence-corrected chi connectivity index (χ2v) is 9.93. The van der Waals surface area contributed by atoms with Crippen molar-refractivity contribution in [3.63, 3.8) is 0 Å². The number of nitrogens with one attached hydrogen (secondary N) is 2. The number of hydrogen-bond acceptors (Lipinski definition) is 9. The van der Waals surface area contributed by atoms with E-state index in [0.717, 1.165) is 19.3 Å². The molecule has 2 atom stereocenters. The lowest BCUT2D eigenvalue weighted by Crippen LogP contribution is -2.34. The Bertz CT molecular complexity index is 843. The highest BCUT2D eigenvalue weighted by molar-refractivity contribution is 6.12. The molecular formula is C28H47N3O8. The van der Waals surface area contributed by atoms with Gasteiger partial charge in [0.05, 0.1) is 13.2 Å². The molecule has 0 aliphatic carbocycles. The van der Waals surface area contributed by atoms with Crippen molar-refractivity contribution in [3.8, 4) is 0 Å². The molecule has 0 aromatic heterocycles. The van der Waals surface area contributed by atoms with Gasteiger partial charge in [0.1, 0.15) is 5.78 Å². The summed E-state index contributed by atoms with van der Waals surface area (Å²) in [5, 5.41) is 5.73. The number of carbonyl (C=O) groups is 5. The third-order valence-corrected chi connectivity index (χ3v) is 6.75. The van der Waals surface area contributed by atoms with Crippen molar-refractivity contribution in [2.75, 3.05) is 46.6 Å². The summed E-state index contributed by atoms with van der Waals surface area (Å²) in [5.74, 6) is -2.12. The number of ketones is 1. The smallest absolute Gasteiger partial charge is 0.342 e. The number of nitrogens with two attached hydrogens (primary N) is 1. The predicted molar refractivity (Wildman–Crippen MR) is 145 cm³/mol. The van der Waals surface area contributed by atoms with Crippen LogP contribution in [0.1, 0.15) is 78.1 Å². The van der Waals surface area contributed by atoms with E-state index in [1.165, 1.54) is 6.92 Å². The van der Waals surface area contributed by atoms with Crippen LogP contribution in [-0.2, 0) is 38.2 Å². The van der Waals surface area contributed by atoms with Gasteiger partial charge in [0.2, 0.25) is 11.8 Å². The van der Waals surface area contributed by atoms with Gasteiger partial charge in [-0.1, -0.05) is 19.8 Å². The van der Waals surface area contributed by atoms with Gasteiger partial charge in [-0.3, -0.25) is 14.4 Å². The molecule has 0 fully saturated rings. The maximum atomic E-state index is 12.9. The van der Waals surface area contributed by atoms with E-state index in [9.17, 15) is 24.0 Å². The molecule has 2 unspecified atom stereocenters. The number of amides is 2. The van der Waals surface area contributed by atoms with Crippen molar-refractivity contribution in [3.05, 3.63) is 11.1 Å². The van der Waals surface area contributed by atoms with Crippen LogP contribution < -0.4 is 16.4 Å². The third-order valence-electron chi connectivity index (χ3n) is 6.75. The van der Waals surface area contributed by atoms with E-state index in [0.29, 0.717) is 65.1 Å². The Labute approximate surface area is 231 Å². The van der Waals surface area contributed by atoms with Gasteiger partial charge in [-0.25, -0.2) is 9.59 Å². The maximum absolute atomic E-state index is 12.9. The van der Waals surface area contributed by atoms with Crippen molar-refractivity contribution in [1.82, 2.24) is 10.6 Å². The second-order valence-electron chi connectivity index (χ2n) is 9.93. The standard InChI is InChI=1S/C28H47N3O8/c1-20(9-5-7-14-30-25(33)12-11-23-21(2)27(35)39-28(23)36)24(32)19-22(10-4-6-13-29)26(34)31-15-8-16-38-18-17-37-3/h20,22H,4-19,29H2,1-3H3,(H,30,33)(H,31,34). The zero-order chi connectivity index (χ0) is 29.0. The first-order chi connectivity index (χ1) is 18.7. The Morgan fingerprint density at radius 3 is 2.31 bits per heavy atom. The van der Waals surface area contributed by atoms with Crippen molar-refractivity contribution in [2.24, 2.45) is 17.6 Å². The first-order valence-corrected chi connectivity index (χ1v) is 14.0. The number of cyclic esters (lactones) is 2. The first kappa shape index (κ1) is 34.4. The fourth-order valence-electron chi connectivity index (χ4n) is 4.16. The van der Waals surface area contributed by atoms with Crippen molar-refractivity contribution >= 4 is 29.5 Å². The fraction of sp³-hybridized carbons (Fsp3) is 0.750. The summed E-state index contributed by atoms with van der Waals surface area (Å²) in [6.07, 6.45) is 5.52. The molecule has 0 aromatic carbocycles. The molecule has 4 N–H and O–H groups in total. The number of ether oxygens (including phenoxy) is 3. The van der Waals surface area contributed by atoms with Gasteiger partial charge in [-0.15, -0.1) is 0 Å². The largest absolute Gasteiger partial charge is 0.386 e. The number of rotatable bonds is 23. The predicted octanol–water partition coefficient (Wildman–Crippen LogP) is 1.96. The Morgan fingerprint density at radius 1 is 0.923 bits per heavy atom. The Balaban J connectivity index is 2.31. The average molecular weight is 554 g/mol. The highest BCUT2D eigenvalue weighted by Gasteiger charge is 2.29. The van der Waals surface area contributed by atoms with Crippen LogP contribution in [0.2, 0.25) is 0 Å². The van der Waals surface area contributed by atoms with Gasteiger partial charge in [0.25, 0.3) is 0 Å². The fourth-order valence-corrected chi connectivity index (χ4v) is 4.16. The zero-order valence-electron chi connectivity index (χ0n) is 23.8. The van der Waals surface area contributed by atoms with Crippen LogP contribution >= 0.6 is 0 Å². The molecule has 39 heavy (non-hydrogen) atoms. The Morgan fingerprint density at radius 2 is 1.64 bits per heavy atom. The summed E-state index contributed by atoms with van der Waals surface area (Å²) in [6, 6.07) is 0. The number of methoxy groups -OCH3 is 1. The highest BCUT2D eigenvalue weighted by Crippen LogP contribution is 2.21. The Hall–Kier alpha value is -2.63. The molecule has 0 aromatic rings. The molecule has 0 saturated carbocycles. The molecular weight excluding hydrogens is 506 g/mol. The molecule has 0 saturated heterocycles. The quantitative estimate of drug-likeness (QED) is 0.0975. The molecule has 1 heterocycles.